The molecule has 112 valence electrons. The van der Waals surface area contributed by atoms with Crippen molar-refractivity contribution in [3.63, 3.8) is 0 Å². The van der Waals surface area contributed by atoms with E-state index in [1.807, 2.05) is 37.6 Å². The second-order valence-corrected chi connectivity index (χ2v) is 6.65. The molecular formula is C14H17N3O2S2. The summed E-state index contributed by atoms with van der Waals surface area (Å²) in [5.74, 6) is -0.353. The van der Waals surface area contributed by atoms with Crippen molar-refractivity contribution < 1.29 is 9.59 Å². The van der Waals surface area contributed by atoms with Gasteiger partial charge in [0.15, 0.2) is 5.13 Å². The van der Waals surface area contributed by atoms with Gasteiger partial charge in [0.05, 0.1) is 10.6 Å². The van der Waals surface area contributed by atoms with Crippen molar-refractivity contribution in [1.29, 1.82) is 0 Å². The van der Waals surface area contributed by atoms with Gasteiger partial charge in [0, 0.05) is 11.4 Å². The van der Waals surface area contributed by atoms with Gasteiger partial charge in [-0.05, 0) is 32.2 Å². The Balaban J connectivity index is 2.02. The number of thiazole rings is 1. The van der Waals surface area contributed by atoms with Crippen molar-refractivity contribution in [3.8, 4) is 0 Å². The predicted octanol–water partition coefficient (Wildman–Crippen LogP) is 3.00. The largest absolute Gasteiger partial charge is 0.326 e. The maximum atomic E-state index is 12.4. The molecule has 0 saturated carbocycles. The highest BCUT2D eigenvalue weighted by molar-refractivity contribution is 7.14. The van der Waals surface area contributed by atoms with Crippen LogP contribution in [0.15, 0.2) is 22.9 Å². The minimum atomic E-state index is -0.233. The Kier molecular flexibility index (Phi) is 5.08. The Morgan fingerprint density at radius 1 is 1.38 bits per heavy atom. The highest BCUT2D eigenvalue weighted by atomic mass is 32.1. The van der Waals surface area contributed by atoms with Gasteiger partial charge in [-0.3, -0.25) is 9.59 Å². The van der Waals surface area contributed by atoms with E-state index in [4.69, 9.17) is 0 Å². The van der Waals surface area contributed by atoms with Crippen LogP contribution in [-0.2, 0) is 4.79 Å². The van der Waals surface area contributed by atoms with Gasteiger partial charge in [-0.25, -0.2) is 4.98 Å². The minimum Gasteiger partial charge on any atom is -0.326 e. The Hall–Kier alpha value is -1.73. The number of rotatable bonds is 5. The molecule has 2 amide bonds. The number of thiophene rings is 1. The molecule has 2 heterocycles. The third-order valence-corrected chi connectivity index (χ3v) is 4.53. The average Bonchev–Trinajstić information content (AvgIpc) is 3.06. The van der Waals surface area contributed by atoms with Crippen LogP contribution in [0.4, 0.5) is 5.13 Å². The van der Waals surface area contributed by atoms with Gasteiger partial charge in [0.1, 0.15) is 6.54 Å². The molecule has 1 N–H and O–H groups in total. The lowest BCUT2D eigenvalue weighted by atomic mass is 10.3. The first-order valence-electron chi connectivity index (χ1n) is 6.54. The van der Waals surface area contributed by atoms with Gasteiger partial charge < -0.3 is 10.2 Å². The number of carbonyl (C=O) groups excluding carboxylic acids is 2. The van der Waals surface area contributed by atoms with Crippen molar-refractivity contribution in [3.05, 3.63) is 33.5 Å². The number of aryl methyl sites for hydroxylation is 1. The summed E-state index contributed by atoms with van der Waals surface area (Å²) in [6, 6.07) is 3.54. The number of amides is 2. The summed E-state index contributed by atoms with van der Waals surface area (Å²) in [6.07, 6.45) is 0. The number of carbonyl (C=O) groups is 2. The van der Waals surface area contributed by atoms with E-state index in [1.165, 1.54) is 22.7 Å². The molecule has 7 heteroatoms. The first-order chi connectivity index (χ1) is 9.97. The third kappa shape index (κ3) is 4.12. The van der Waals surface area contributed by atoms with Gasteiger partial charge in [0.25, 0.3) is 5.91 Å². The first kappa shape index (κ1) is 15.7. The fourth-order valence-corrected chi connectivity index (χ4v) is 3.14. The maximum absolute atomic E-state index is 12.4. The molecule has 0 fully saturated rings. The molecule has 2 aromatic heterocycles. The number of hydrogen-bond acceptors (Lipinski definition) is 5. The van der Waals surface area contributed by atoms with E-state index in [2.05, 4.69) is 10.3 Å². The molecule has 0 radical (unpaired) electrons. The van der Waals surface area contributed by atoms with E-state index < -0.39 is 0 Å². The molecule has 0 aliphatic heterocycles. The summed E-state index contributed by atoms with van der Waals surface area (Å²) in [4.78, 5) is 30.8. The maximum Gasteiger partial charge on any atom is 0.264 e. The molecule has 0 saturated heterocycles. The fraction of sp³-hybridized carbons (Fsp3) is 0.357. The number of aromatic nitrogens is 1. The van der Waals surface area contributed by atoms with E-state index in [9.17, 15) is 9.59 Å². The molecule has 2 aromatic rings. The first-order valence-corrected chi connectivity index (χ1v) is 8.29. The molecule has 0 aromatic carbocycles. The number of hydrogen-bond donors (Lipinski definition) is 1. The zero-order chi connectivity index (χ0) is 15.4. The van der Waals surface area contributed by atoms with E-state index in [0.29, 0.717) is 10.0 Å². The lowest BCUT2D eigenvalue weighted by molar-refractivity contribution is -0.117. The van der Waals surface area contributed by atoms with Gasteiger partial charge in [-0.15, -0.1) is 22.7 Å². The van der Waals surface area contributed by atoms with Crippen LogP contribution >= 0.6 is 22.7 Å². The summed E-state index contributed by atoms with van der Waals surface area (Å²) in [7, 11) is 0. The molecule has 0 unspecified atom stereocenters. The van der Waals surface area contributed by atoms with Gasteiger partial charge in [-0.1, -0.05) is 6.07 Å². The minimum absolute atomic E-state index is 0.0209. The van der Waals surface area contributed by atoms with Crippen LogP contribution in [0, 0.1) is 6.92 Å². The van der Waals surface area contributed by atoms with E-state index >= 15 is 0 Å². The molecule has 21 heavy (non-hydrogen) atoms. The SMILES string of the molecule is Cc1csc(NC(=O)CN(C(=O)c2cccs2)C(C)C)n1. The highest BCUT2D eigenvalue weighted by Gasteiger charge is 2.22. The second kappa shape index (κ2) is 6.82. The van der Waals surface area contributed by atoms with E-state index in [0.717, 1.165) is 5.69 Å². The van der Waals surface area contributed by atoms with Crippen LogP contribution in [0.3, 0.4) is 0 Å². The van der Waals surface area contributed by atoms with Crippen LogP contribution in [-0.4, -0.2) is 34.3 Å². The summed E-state index contributed by atoms with van der Waals surface area (Å²) in [5.41, 5.74) is 0.866. The molecule has 0 spiro atoms. The number of nitrogens with zero attached hydrogens (tertiary/aromatic N) is 2. The normalized spacial score (nSPS) is 10.7. The standard InChI is InChI=1S/C14H17N3O2S2/c1-9(2)17(13(19)11-5-4-6-20-11)7-12(18)16-14-15-10(3)8-21-14/h4-6,8-9H,7H2,1-3H3,(H,15,16,18). The molecule has 5 nitrogen and oxygen atoms in total. The smallest absolute Gasteiger partial charge is 0.264 e. The zero-order valence-electron chi connectivity index (χ0n) is 12.1. The number of nitrogens with one attached hydrogen (secondary N) is 1. The summed E-state index contributed by atoms with van der Waals surface area (Å²) >= 11 is 2.75. The Morgan fingerprint density at radius 3 is 2.67 bits per heavy atom. The van der Waals surface area contributed by atoms with Crippen LogP contribution in [0.5, 0.6) is 0 Å². The Morgan fingerprint density at radius 2 is 2.14 bits per heavy atom. The Labute approximate surface area is 131 Å². The van der Waals surface area contributed by atoms with Crippen molar-refractivity contribution >= 4 is 39.6 Å². The van der Waals surface area contributed by atoms with Crippen molar-refractivity contribution in [2.75, 3.05) is 11.9 Å². The summed E-state index contributed by atoms with van der Waals surface area (Å²) in [6.45, 7) is 5.68. The van der Waals surface area contributed by atoms with Gasteiger partial charge >= 0.3 is 0 Å². The lowest BCUT2D eigenvalue weighted by Gasteiger charge is -2.25. The zero-order valence-corrected chi connectivity index (χ0v) is 13.8. The fourth-order valence-electron chi connectivity index (χ4n) is 1.76. The Bertz CT molecular complexity index is 620. The molecule has 0 bridgehead atoms. The van der Waals surface area contributed by atoms with E-state index in [-0.39, 0.29) is 24.4 Å². The highest BCUT2D eigenvalue weighted by Crippen LogP contribution is 2.16. The lowest BCUT2D eigenvalue weighted by Crippen LogP contribution is -2.42. The third-order valence-electron chi connectivity index (χ3n) is 2.80. The van der Waals surface area contributed by atoms with Crippen molar-refractivity contribution in [1.82, 2.24) is 9.88 Å². The van der Waals surface area contributed by atoms with Crippen LogP contribution in [0.25, 0.3) is 0 Å². The van der Waals surface area contributed by atoms with Crippen molar-refractivity contribution in [2.24, 2.45) is 0 Å². The monoisotopic (exact) mass is 323 g/mol. The molecular weight excluding hydrogens is 306 g/mol. The number of anilines is 1. The quantitative estimate of drug-likeness (QED) is 0.920. The van der Waals surface area contributed by atoms with Gasteiger partial charge in [0.2, 0.25) is 5.91 Å². The van der Waals surface area contributed by atoms with Crippen molar-refractivity contribution in [2.45, 2.75) is 26.8 Å². The second-order valence-electron chi connectivity index (χ2n) is 4.85. The molecule has 0 aliphatic rings. The molecule has 0 atom stereocenters. The molecule has 2 rings (SSSR count). The topological polar surface area (TPSA) is 62.3 Å². The van der Waals surface area contributed by atoms with Crippen LogP contribution < -0.4 is 5.32 Å². The average molecular weight is 323 g/mol. The van der Waals surface area contributed by atoms with Crippen LogP contribution in [0.1, 0.15) is 29.2 Å². The molecule has 0 aliphatic carbocycles. The van der Waals surface area contributed by atoms with Crippen LogP contribution in [0.2, 0.25) is 0 Å². The van der Waals surface area contributed by atoms with Gasteiger partial charge in [-0.2, -0.15) is 0 Å². The summed E-state index contributed by atoms with van der Waals surface area (Å²) < 4.78 is 0. The summed E-state index contributed by atoms with van der Waals surface area (Å²) in [5, 5.41) is 7.01. The predicted molar refractivity (Wildman–Crippen MR) is 86.0 cm³/mol. The van der Waals surface area contributed by atoms with E-state index in [1.54, 1.807) is 11.0 Å².